The van der Waals surface area contributed by atoms with Gasteiger partial charge in [-0.05, 0) is 81.6 Å². The van der Waals surface area contributed by atoms with E-state index in [1.165, 1.54) is 41.7 Å². The van der Waals surface area contributed by atoms with E-state index in [0.717, 1.165) is 55.7 Å². The van der Waals surface area contributed by atoms with E-state index in [0.29, 0.717) is 17.5 Å². The third-order valence-corrected chi connectivity index (χ3v) is 12.8. The summed E-state index contributed by atoms with van der Waals surface area (Å²) in [6, 6.07) is 73.4. The molecule has 0 radical (unpaired) electrons. The highest BCUT2D eigenvalue weighted by Gasteiger charge is 2.21. The van der Waals surface area contributed by atoms with Crippen LogP contribution in [0.1, 0.15) is 0 Å². The van der Waals surface area contributed by atoms with Gasteiger partial charge in [0.2, 0.25) is 0 Å². The van der Waals surface area contributed by atoms with Crippen molar-refractivity contribution in [2.75, 3.05) is 0 Å². The molecule has 3 heterocycles. The van der Waals surface area contributed by atoms with Gasteiger partial charge in [0.15, 0.2) is 17.5 Å². The quantitative estimate of drug-likeness (QED) is 0.169. The molecule has 60 heavy (non-hydrogen) atoms. The largest absolute Gasteiger partial charge is 0.308 e. The van der Waals surface area contributed by atoms with E-state index in [9.17, 15) is 0 Å². The third-order valence-electron chi connectivity index (χ3n) is 11.6. The molecular formula is C55H34N4S. The summed E-state index contributed by atoms with van der Waals surface area (Å²) in [6.45, 7) is 0. The van der Waals surface area contributed by atoms with Gasteiger partial charge in [-0.15, -0.1) is 11.3 Å². The number of nitrogens with zero attached hydrogens (tertiary/aromatic N) is 4. The molecule has 12 rings (SSSR count). The fourth-order valence-corrected chi connectivity index (χ4v) is 9.87. The maximum atomic E-state index is 5.35. The molecule has 0 N–H and O–H groups in total. The first-order chi connectivity index (χ1) is 29.7. The van der Waals surface area contributed by atoms with Crippen LogP contribution in [0.2, 0.25) is 0 Å². The molecule has 3 aromatic heterocycles. The van der Waals surface area contributed by atoms with Crippen LogP contribution in [0, 0.1) is 0 Å². The van der Waals surface area contributed by atoms with Crippen LogP contribution in [-0.4, -0.2) is 19.5 Å². The molecule has 0 saturated heterocycles. The van der Waals surface area contributed by atoms with E-state index in [1.54, 1.807) is 0 Å². The first-order valence-electron chi connectivity index (χ1n) is 20.2. The molecule has 4 nitrogen and oxygen atoms in total. The number of rotatable bonds is 6. The Balaban J connectivity index is 1.07. The molecule has 0 bridgehead atoms. The Morgan fingerprint density at radius 2 is 0.867 bits per heavy atom. The predicted octanol–water partition coefficient (Wildman–Crippen LogP) is 14.8. The minimum atomic E-state index is 0.609. The SMILES string of the molecule is c1ccc(-c2nc(-c3cccc(-c4ccc5c(c4)sc4ccccc45)c3)nc(-c3ccc(-c4ccc5ccccc5c4)cc3-n3c4ccccc4c4ccccc43)n2)cc1. The summed E-state index contributed by atoms with van der Waals surface area (Å²) in [4.78, 5) is 15.8. The molecule has 9 aromatic carbocycles. The fourth-order valence-electron chi connectivity index (χ4n) is 8.72. The molecule has 5 heteroatoms. The molecule has 280 valence electrons. The van der Waals surface area contributed by atoms with Crippen LogP contribution in [0.5, 0.6) is 0 Å². The first kappa shape index (κ1) is 34.3. The molecule has 0 aliphatic heterocycles. The predicted molar refractivity (Wildman–Crippen MR) is 252 cm³/mol. The molecule has 0 amide bonds. The van der Waals surface area contributed by atoms with Crippen LogP contribution in [0.15, 0.2) is 206 Å². The van der Waals surface area contributed by atoms with Gasteiger partial charge in [0, 0.05) is 47.6 Å². The van der Waals surface area contributed by atoms with E-state index in [4.69, 9.17) is 15.0 Å². The summed E-state index contributed by atoms with van der Waals surface area (Å²) >= 11 is 1.84. The van der Waals surface area contributed by atoms with Gasteiger partial charge in [-0.3, -0.25) is 0 Å². The second-order valence-corrected chi connectivity index (χ2v) is 16.3. The highest BCUT2D eigenvalue weighted by atomic mass is 32.1. The highest BCUT2D eigenvalue weighted by Crippen LogP contribution is 2.40. The van der Waals surface area contributed by atoms with Crippen LogP contribution < -0.4 is 0 Å². The second kappa shape index (κ2) is 14.0. The van der Waals surface area contributed by atoms with Crippen molar-refractivity contribution in [2.24, 2.45) is 0 Å². The number of thiophene rings is 1. The van der Waals surface area contributed by atoms with Gasteiger partial charge in [0.25, 0.3) is 0 Å². The molecule has 0 aliphatic carbocycles. The average molecular weight is 783 g/mol. The lowest BCUT2D eigenvalue weighted by Crippen LogP contribution is -2.04. The van der Waals surface area contributed by atoms with Crippen molar-refractivity contribution in [3.8, 4) is 62.1 Å². The van der Waals surface area contributed by atoms with Gasteiger partial charge in [-0.2, -0.15) is 0 Å². The van der Waals surface area contributed by atoms with Crippen molar-refractivity contribution >= 4 is 64.1 Å². The van der Waals surface area contributed by atoms with Gasteiger partial charge in [0.1, 0.15) is 0 Å². The zero-order chi connectivity index (χ0) is 39.6. The van der Waals surface area contributed by atoms with Crippen LogP contribution in [-0.2, 0) is 0 Å². The number of hydrogen-bond acceptors (Lipinski definition) is 4. The standard InChI is InChI=1S/C55H34N4S/c1-2-14-36(15-3-1)53-56-54(42-18-12-17-38(32-42)41-27-29-46-45-21-8-11-24-51(45)60-52(46)34-41)58-55(57-53)47-30-28-40(39-26-25-35-13-4-5-16-37(35)31-39)33-50(47)59-48-22-9-6-19-43(48)44-20-7-10-23-49(44)59/h1-34H. The van der Waals surface area contributed by atoms with Gasteiger partial charge in [0.05, 0.1) is 16.7 Å². The van der Waals surface area contributed by atoms with Crippen molar-refractivity contribution in [1.82, 2.24) is 19.5 Å². The first-order valence-corrected chi connectivity index (χ1v) is 21.0. The lowest BCUT2D eigenvalue weighted by atomic mass is 9.98. The van der Waals surface area contributed by atoms with Crippen LogP contribution >= 0.6 is 11.3 Å². The minimum absolute atomic E-state index is 0.609. The molecular weight excluding hydrogens is 749 g/mol. The number of hydrogen-bond donors (Lipinski definition) is 0. The lowest BCUT2D eigenvalue weighted by molar-refractivity contribution is 1.06. The van der Waals surface area contributed by atoms with Crippen molar-refractivity contribution < 1.29 is 0 Å². The molecule has 0 unspecified atom stereocenters. The van der Waals surface area contributed by atoms with Crippen molar-refractivity contribution in [2.45, 2.75) is 0 Å². The summed E-state index contributed by atoms with van der Waals surface area (Å²) in [5, 5.41) is 7.41. The molecule has 12 aromatic rings. The van der Waals surface area contributed by atoms with E-state index in [1.807, 2.05) is 29.5 Å². The normalized spacial score (nSPS) is 11.7. The van der Waals surface area contributed by atoms with Crippen LogP contribution in [0.3, 0.4) is 0 Å². The van der Waals surface area contributed by atoms with Gasteiger partial charge < -0.3 is 4.57 Å². The Morgan fingerprint density at radius 1 is 0.317 bits per heavy atom. The zero-order valence-corrected chi connectivity index (χ0v) is 33.1. The van der Waals surface area contributed by atoms with Crippen molar-refractivity contribution in [3.05, 3.63) is 206 Å². The Hall–Kier alpha value is -7.73. The summed E-state index contributed by atoms with van der Waals surface area (Å²) in [5.74, 6) is 1.85. The number of para-hydroxylation sites is 2. The monoisotopic (exact) mass is 782 g/mol. The lowest BCUT2D eigenvalue weighted by Gasteiger charge is -2.17. The van der Waals surface area contributed by atoms with Gasteiger partial charge in [-0.1, -0.05) is 158 Å². The maximum absolute atomic E-state index is 5.35. The zero-order valence-electron chi connectivity index (χ0n) is 32.3. The second-order valence-electron chi connectivity index (χ2n) is 15.2. The summed E-state index contributed by atoms with van der Waals surface area (Å²) in [6.07, 6.45) is 0. The summed E-state index contributed by atoms with van der Waals surface area (Å²) < 4.78 is 4.95. The minimum Gasteiger partial charge on any atom is -0.308 e. The Bertz CT molecular complexity index is 3570. The molecule has 0 saturated carbocycles. The fraction of sp³-hybridized carbons (Fsp3) is 0. The van der Waals surface area contributed by atoms with E-state index >= 15 is 0 Å². The van der Waals surface area contributed by atoms with Crippen LogP contribution in [0.25, 0.3) is 115 Å². The Morgan fingerprint density at radius 3 is 1.68 bits per heavy atom. The van der Waals surface area contributed by atoms with E-state index in [2.05, 4.69) is 193 Å². The highest BCUT2D eigenvalue weighted by molar-refractivity contribution is 7.25. The Kier molecular flexibility index (Phi) is 8.00. The molecule has 0 spiro atoms. The van der Waals surface area contributed by atoms with E-state index < -0.39 is 0 Å². The molecule has 0 fully saturated rings. The van der Waals surface area contributed by atoms with Gasteiger partial charge >= 0.3 is 0 Å². The molecule has 0 aliphatic rings. The summed E-state index contributed by atoms with van der Waals surface area (Å²) in [7, 11) is 0. The smallest absolute Gasteiger partial charge is 0.166 e. The third kappa shape index (κ3) is 5.78. The number of fused-ring (bicyclic) bond motifs is 7. The van der Waals surface area contributed by atoms with Gasteiger partial charge in [-0.25, -0.2) is 15.0 Å². The molecule has 0 atom stereocenters. The Labute approximate surface area is 350 Å². The van der Waals surface area contributed by atoms with Crippen LogP contribution in [0.4, 0.5) is 0 Å². The maximum Gasteiger partial charge on any atom is 0.166 e. The topological polar surface area (TPSA) is 43.6 Å². The van der Waals surface area contributed by atoms with E-state index in [-0.39, 0.29) is 0 Å². The number of aromatic nitrogens is 4. The summed E-state index contributed by atoms with van der Waals surface area (Å²) in [5.41, 5.74) is 10.5. The van der Waals surface area contributed by atoms with Crippen molar-refractivity contribution in [3.63, 3.8) is 0 Å². The average Bonchev–Trinajstić information content (AvgIpc) is 3.87. The number of benzene rings is 9. The van der Waals surface area contributed by atoms with Crippen molar-refractivity contribution in [1.29, 1.82) is 0 Å².